The Balaban J connectivity index is 1.38. The van der Waals surface area contributed by atoms with E-state index in [4.69, 9.17) is 9.47 Å². The number of methoxy groups -OCH3 is 1. The quantitative estimate of drug-likeness (QED) is 0.246. The molecule has 46 heavy (non-hydrogen) atoms. The van der Waals surface area contributed by atoms with Gasteiger partial charge in [0.25, 0.3) is 0 Å². The molecule has 0 aromatic carbocycles. The summed E-state index contributed by atoms with van der Waals surface area (Å²) < 4.78 is 38.3. The Morgan fingerprint density at radius 3 is 2.43 bits per heavy atom. The minimum atomic E-state index is -3.83. The molecular weight excluding hydrogens is 633 g/mol. The van der Waals surface area contributed by atoms with Gasteiger partial charge in [-0.25, -0.2) is 18.4 Å². The maximum Gasteiger partial charge on any atom is 0.316 e. The molecule has 3 heterocycles. The second kappa shape index (κ2) is 12.9. The minimum absolute atomic E-state index is 0.0266. The van der Waals surface area contributed by atoms with Crippen LogP contribution in [0.5, 0.6) is 6.01 Å². The Morgan fingerprint density at radius 2 is 1.89 bits per heavy atom. The van der Waals surface area contributed by atoms with Crippen molar-refractivity contribution in [2.45, 2.75) is 76.7 Å². The molecule has 14 heteroatoms. The first-order valence-electron chi connectivity index (χ1n) is 15.3. The maximum atomic E-state index is 14.1. The number of rotatable bonds is 13. The molecule has 5 atom stereocenters. The lowest BCUT2D eigenvalue weighted by Crippen LogP contribution is -2.48. The molecule has 2 aromatic heterocycles. The first-order chi connectivity index (χ1) is 21.7. The van der Waals surface area contributed by atoms with E-state index in [0.717, 1.165) is 11.1 Å². The van der Waals surface area contributed by atoms with Crippen molar-refractivity contribution in [2.24, 2.45) is 22.7 Å². The summed E-state index contributed by atoms with van der Waals surface area (Å²) in [6, 6.07) is 1.05. The van der Waals surface area contributed by atoms with Gasteiger partial charge in [-0.1, -0.05) is 26.8 Å². The molecular formula is C32H40N4O8S2. The molecule has 1 N–H and O–H groups in total. The molecule has 1 saturated heterocycles. The fraction of sp³-hybridized carbons (Fsp3) is 0.562. The van der Waals surface area contributed by atoms with Gasteiger partial charge in [-0.05, 0) is 53.0 Å². The lowest BCUT2D eigenvalue weighted by Gasteiger charge is -2.34. The molecule has 1 unspecified atom stereocenters. The van der Waals surface area contributed by atoms with Gasteiger partial charge in [-0.15, -0.1) is 6.58 Å². The third kappa shape index (κ3) is 7.17. The number of likely N-dealkylation sites (tertiary alicyclic amines) is 1. The number of nitrogens with zero attached hydrogens (tertiary/aromatic N) is 3. The van der Waals surface area contributed by atoms with Crippen LogP contribution in [0, 0.1) is 22.7 Å². The topological polar surface area (TPSA) is 162 Å². The maximum absolute atomic E-state index is 14.1. The normalized spacial score (nSPS) is 25.0. The molecule has 2 aliphatic carbocycles. The number of allylic oxidation sites excluding steroid dienone is 1. The number of esters is 1. The predicted molar refractivity (Wildman–Crippen MR) is 170 cm³/mol. The van der Waals surface area contributed by atoms with Gasteiger partial charge in [-0.3, -0.25) is 23.9 Å². The van der Waals surface area contributed by atoms with Crippen molar-refractivity contribution < 1.29 is 37.1 Å². The van der Waals surface area contributed by atoms with E-state index >= 15 is 0 Å². The lowest BCUT2D eigenvalue weighted by molar-refractivity contribution is -0.151. The van der Waals surface area contributed by atoms with Crippen LogP contribution >= 0.6 is 11.3 Å². The van der Waals surface area contributed by atoms with Crippen molar-refractivity contribution in [1.29, 1.82) is 0 Å². The summed E-state index contributed by atoms with van der Waals surface area (Å²) in [6.07, 6.45) is 5.06. The highest BCUT2D eigenvalue weighted by atomic mass is 32.2. The molecule has 0 bridgehead atoms. The average molecular weight is 673 g/mol. The van der Waals surface area contributed by atoms with Gasteiger partial charge in [0.1, 0.15) is 6.10 Å². The summed E-state index contributed by atoms with van der Waals surface area (Å²) >= 11 is 1.55. The number of aromatic nitrogens is 2. The van der Waals surface area contributed by atoms with E-state index in [1.807, 2.05) is 37.6 Å². The monoisotopic (exact) mass is 672 g/mol. The molecule has 3 aliphatic rings. The first-order valence-corrected chi connectivity index (χ1v) is 17.8. The Morgan fingerprint density at radius 1 is 1.20 bits per heavy atom. The third-order valence-electron chi connectivity index (χ3n) is 9.17. The first kappa shape index (κ1) is 33.7. The van der Waals surface area contributed by atoms with Crippen molar-refractivity contribution in [3.8, 4) is 17.1 Å². The molecule has 3 fully saturated rings. The van der Waals surface area contributed by atoms with Crippen LogP contribution in [-0.2, 0) is 33.9 Å². The van der Waals surface area contributed by atoms with E-state index < -0.39 is 67.7 Å². The summed E-state index contributed by atoms with van der Waals surface area (Å²) in [6.45, 7) is 9.31. The van der Waals surface area contributed by atoms with Crippen molar-refractivity contribution >= 4 is 44.9 Å². The number of carbonyl (C=O) groups excluding carboxylic acids is 4. The number of thiophene rings is 1. The van der Waals surface area contributed by atoms with Gasteiger partial charge in [0.15, 0.2) is 5.78 Å². The fourth-order valence-electron chi connectivity index (χ4n) is 6.06. The fourth-order valence-corrected chi connectivity index (χ4v) is 8.11. The SMILES string of the molecule is C=CC1C[C@]1(CC(=O)[C@@H]1C[C@@H](Oc2ncc(-c3ccsc3)cn2)CN1C(=O)[C@@H](CC(=O)OC)C(C)(C)C)C(=O)NS(=O)(=O)C1CC1. The summed E-state index contributed by atoms with van der Waals surface area (Å²) in [4.78, 5) is 64.0. The number of hydrogen-bond donors (Lipinski definition) is 1. The van der Waals surface area contributed by atoms with E-state index in [1.165, 1.54) is 12.0 Å². The van der Waals surface area contributed by atoms with Gasteiger partial charge >= 0.3 is 12.0 Å². The standard InChI is InChI=1S/C32H40N4O8S2/c1-6-21-13-32(21,29(40)35-46(41,42)23-7-8-23)14-26(37)25-11-22(44-30-33-15-20(16-34-30)19-9-10-45-18-19)17-36(25)28(39)24(31(2,3)4)12-27(38)43-5/h6,9-10,15-16,18,21-25H,1,7-8,11-14,17H2,2-5H3,(H,35,40)/t21?,22-,24-,25+,32-/m1/s1. The molecule has 12 nitrogen and oxygen atoms in total. The van der Waals surface area contributed by atoms with Crippen molar-refractivity contribution in [1.82, 2.24) is 19.6 Å². The zero-order valence-electron chi connectivity index (χ0n) is 26.4. The number of carbonyl (C=O) groups is 4. The average Bonchev–Trinajstić information content (AvgIpc) is 3.88. The van der Waals surface area contributed by atoms with E-state index in [0.29, 0.717) is 12.8 Å². The second-order valence-electron chi connectivity index (χ2n) is 13.5. The van der Waals surface area contributed by atoms with Gasteiger partial charge in [0.05, 0.1) is 42.7 Å². The molecule has 0 radical (unpaired) electrons. The van der Waals surface area contributed by atoms with Crippen LogP contribution in [0.1, 0.15) is 59.3 Å². The van der Waals surface area contributed by atoms with Crippen LogP contribution in [0.2, 0.25) is 0 Å². The summed E-state index contributed by atoms with van der Waals surface area (Å²) in [5.74, 6) is -3.29. The molecule has 1 aliphatic heterocycles. The smallest absolute Gasteiger partial charge is 0.316 e. The zero-order valence-corrected chi connectivity index (χ0v) is 28.1. The number of ketones is 1. The summed E-state index contributed by atoms with van der Waals surface area (Å²) in [5.41, 5.74) is -0.139. The second-order valence-corrected chi connectivity index (χ2v) is 16.2. The summed E-state index contributed by atoms with van der Waals surface area (Å²) in [5, 5.41) is 3.32. The van der Waals surface area contributed by atoms with Crippen molar-refractivity contribution in [3.05, 3.63) is 41.9 Å². The van der Waals surface area contributed by atoms with Crippen LogP contribution < -0.4 is 9.46 Å². The van der Waals surface area contributed by atoms with E-state index in [9.17, 15) is 27.6 Å². The Kier molecular flexibility index (Phi) is 9.42. The molecule has 5 rings (SSSR count). The van der Waals surface area contributed by atoms with Gasteiger partial charge in [0, 0.05) is 30.8 Å². The van der Waals surface area contributed by atoms with E-state index in [-0.39, 0.29) is 44.2 Å². The zero-order chi connectivity index (χ0) is 33.4. The van der Waals surface area contributed by atoms with Crippen molar-refractivity contribution in [2.75, 3.05) is 13.7 Å². The minimum Gasteiger partial charge on any atom is -0.469 e. The largest absolute Gasteiger partial charge is 0.469 e. The van der Waals surface area contributed by atoms with Gasteiger partial charge in [0.2, 0.25) is 21.8 Å². The van der Waals surface area contributed by atoms with Crippen LogP contribution in [0.25, 0.3) is 11.1 Å². The van der Waals surface area contributed by atoms with Gasteiger partial charge < -0.3 is 14.4 Å². The molecule has 2 aromatic rings. The van der Waals surface area contributed by atoms with E-state index in [2.05, 4.69) is 21.3 Å². The lowest BCUT2D eigenvalue weighted by atomic mass is 9.77. The number of nitrogens with one attached hydrogen (secondary N) is 1. The van der Waals surface area contributed by atoms with Gasteiger partial charge in [-0.2, -0.15) is 11.3 Å². The highest BCUT2D eigenvalue weighted by Crippen LogP contribution is 2.57. The molecule has 2 amide bonds. The van der Waals surface area contributed by atoms with Crippen LogP contribution in [0.3, 0.4) is 0 Å². The molecule has 0 spiro atoms. The Bertz CT molecular complexity index is 1600. The highest BCUT2D eigenvalue weighted by Gasteiger charge is 2.61. The number of hydrogen-bond acceptors (Lipinski definition) is 11. The Hall–Kier alpha value is -3.65. The predicted octanol–water partition coefficient (Wildman–Crippen LogP) is 3.54. The van der Waals surface area contributed by atoms with Crippen LogP contribution in [0.15, 0.2) is 41.9 Å². The Labute approximate surface area is 273 Å². The summed E-state index contributed by atoms with van der Waals surface area (Å²) in [7, 11) is -2.58. The van der Waals surface area contributed by atoms with Crippen molar-refractivity contribution in [3.63, 3.8) is 0 Å². The number of sulfonamides is 1. The highest BCUT2D eigenvalue weighted by molar-refractivity contribution is 7.90. The van der Waals surface area contributed by atoms with Crippen LogP contribution in [0.4, 0.5) is 0 Å². The molecule has 248 valence electrons. The third-order valence-corrected chi connectivity index (χ3v) is 11.7. The number of amides is 2. The number of Topliss-reactive ketones (excluding diaryl/α,β-unsaturated/α-hetero) is 1. The molecule has 2 saturated carbocycles. The number of ether oxygens (including phenoxy) is 2. The van der Waals surface area contributed by atoms with Crippen LogP contribution in [-0.4, -0.2) is 77.9 Å². The van der Waals surface area contributed by atoms with E-state index in [1.54, 1.807) is 29.8 Å².